The molecule has 0 aromatic heterocycles. The van der Waals surface area contributed by atoms with Crippen LogP contribution in [0, 0.1) is 0 Å². The van der Waals surface area contributed by atoms with Gasteiger partial charge in [-0.2, -0.15) is 0 Å². The Kier molecular flexibility index (Phi) is 6.64. The molecular weight excluding hydrogens is 264 g/mol. The second-order valence-electron chi connectivity index (χ2n) is 5.97. The highest BCUT2D eigenvalue weighted by Crippen LogP contribution is 2.09. The predicted octanol–water partition coefficient (Wildman–Crippen LogP) is 2.03. The Bertz CT molecular complexity index is 423. The molecule has 1 atom stereocenters. The number of benzene rings is 1. The van der Waals surface area contributed by atoms with Gasteiger partial charge in [0.15, 0.2) is 0 Å². The van der Waals surface area contributed by atoms with Gasteiger partial charge in [-0.1, -0.05) is 24.3 Å². The lowest BCUT2D eigenvalue weighted by molar-refractivity contribution is -0.0372. The highest BCUT2D eigenvalue weighted by atomic mass is 16.5. The molecule has 0 aliphatic carbocycles. The lowest BCUT2D eigenvalue weighted by Gasteiger charge is -2.35. The molecule has 1 aliphatic rings. The number of rotatable bonds is 7. The minimum atomic E-state index is 0.295. The predicted molar refractivity (Wildman–Crippen MR) is 85.3 cm³/mol. The van der Waals surface area contributed by atoms with Crippen molar-refractivity contribution in [2.75, 3.05) is 33.4 Å². The molecule has 21 heavy (non-hydrogen) atoms. The van der Waals surface area contributed by atoms with Gasteiger partial charge in [-0.15, -0.1) is 0 Å². The number of hydrogen-bond donors (Lipinski definition) is 1. The monoisotopic (exact) mass is 292 g/mol. The molecule has 1 saturated heterocycles. The van der Waals surface area contributed by atoms with E-state index in [1.54, 1.807) is 7.11 Å². The molecule has 0 radical (unpaired) electrons. The van der Waals surface area contributed by atoms with Crippen LogP contribution in [0.3, 0.4) is 0 Å². The van der Waals surface area contributed by atoms with E-state index in [4.69, 9.17) is 9.47 Å². The average Bonchev–Trinajstić information content (AvgIpc) is 2.48. The molecule has 1 fully saturated rings. The lowest BCUT2D eigenvalue weighted by atomic mass is 10.1. The van der Waals surface area contributed by atoms with Gasteiger partial charge in [0.25, 0.3) is 0 Å². The first-order valence-electron chi connectivity index (χ1n) is 7.82. The van der Waals surface area contributed by atoms with Crippen LogP contribution in [0.5, 0.6) is 0 Å². The maximum atomic E-state index is 5.83. The molecule has 2 rings (SSSR count). The first-order chi connectivity index (χ1) is 10.2. The van der Waals surface area contributed by atoms with Crippen molar-refractivity contribution in [1.29, 1.82) is 0 Å². The molecule has 1 aliphatic heterocycles. The van der Waals surface area contributed by atoms with E-state index in [9.17, 15) is 0 Å². The lowest BCUT2D eigenvalue weighted by Crippen LogP contribution is -2.48. The standard InChI is InChI=1S/C17H28N2O2/c1-14(2)19-7-8-21-17(12-19)11-18-10-15-5-4-6-16(9-15)13-20-3/h4-6,9,14,17-18H,7-8,10-13H2,1-3H3. The Hall–Kier alpha value is -0.940. The molecule has 0 spiro atoms. The fraction of sp³-hybridized carbons (Fsp3) is 0.647. The third-order valence-corrected chi connectivity index (χ3v) is 3.90. The van der Waals surface area contributed by atoms with Crippen LogP contribution in [0.25, 0.3) is 0 Å². The molecule has 4 heteroatoms. The second kappa shape index (κ2) is 8.49. The first-order valence-corrected chi connectivity index (χ1v) is 7.82. The molecule has 1 aromatic rings. The summed E-state index contributed by atoms with van der Waals surface area (Å²) in [6, 6.07) is 9.12. The zero-order valence-corrected chi connectivity index (χ0v) is 13.5. The zero-order valence-electron chi connectivity index (χ0n) is 13.5. The summed E-state index contributed by atoms with van der Waals surface area (Å²) < 4.78 is 11.0. The highest BCUT2D eigenvalue weighted by Gasteiger charge is 2.21. The summed E-state index contributed by atoms with van der Waals surface area (Å²) in [5.41, 5.74) is 2.51. The van der Waals surface area contributed by atoms with Crippen molar-refractivity contribution in [3.8, 4) is 0 Å². The van der Waals surface area contributed by atoms with Crippen molar-refractivity contribution in [2.45, 2.75) is 39.1 Å². The van der Waals surface area contributed by atoms with Gasteiger partial charge in [-0.3, -0.25) is 4.90 Å². The van der Waals surface area contributed by atoms with Gasteiger partial charge >= 0.3 is 0 Å². The summed E-state index contributed by atoms with van der Waals surface area (Å²) in [5.74, 6) is 0. The molecule has 0 saturated carbocycles. The Morgan fingerprint density at radius 2 is 2.19 bits per heavy atom. The topological polar surface area (TPSA) is 33.7 Å². The molecule has 1 unspecified atom stereocenters. The number of hydrogen-bond acceptors (Lipinski definition) is 4. The van der Waals surface area contributed by atoms with Crippen LogP contribution >= 0.6 is 0 Å². The second-order valence-corrected chi connectivity index (χ2v) is 5.97. The van der Waals surface area contributed by atoms with Gasteiger partial charge in [0.05, 0.1) is 19.3 Å². The first kappa shape index (κ1) is 16.4. The quantitative estimate of drug-likeness (QED) is 0.834. The fourth-order valence-corrected chi connectivity index (χ4v) is 2.71. The van der Waals surface area contributed by atoms with E-state index in [1.165, 1.54) is 11.1 Å². The van der Waals surface area contributed by atoms with E-state index in [1.807, 2.05) is 0 Å². The van der Waals surface area contributed by atoms with E-state index in [0.29, 0.717) is 18.8 Å². The number of nitrogens with zero attached hydrogens (tertiary/aromatic N) is 1. The Balaban J connectivity index is 1.75. The SMILES string of the molecule is COCc1cccc(CNCC2CN(C(C)C)CCO2)c1. The molecule has 1 heterocycles. The van der Waals surface area contributed by atoms with Crippen molar-refractivity contribution in [2.24, 2.45) is 0 Å². The Labute approximate surface area is 128 Å². The summed E-state index contributed by atoms with van der Waals surface area (Å²) >= 11 is 0. The molecule has 0 bridgehead atoms. The average molecular weight is 292 g/mol. The van der Waals surface area contributed by atoms with Gasteiger partial charge < -0.3 is 14.8 Å². The van der Waals surface area contributed by atoms with Gasteiger partial charge in [0.2, 0.25) is 0 Å². The number of morpholine rings is 1. The van der Waals surface area contributed by atoms with Crippen molar-refractivity contribution in [3.63, 3.8) is 0 Å². The van der Waals surface area contributed by atoms with Crippen molar-refractivity contribution >= 4 is 0 Å². The normalized spacial score (nSPS) is 20.1. The van der Waals surface area contributed by atoms with E-state index >= 15 is 0 Å². The highest BCUT2D eigenvalue weighted by molar-refractivity contribution is 5.22. The van der Waals surface area contributed by atoms with Crippen molar-refractivity contribution in [1.82, 2.24) is 10.2 Å². The molecule has 1 aromatic carbocycles. The van der Waals surface area contributed by atoms with Gasteiger partial charge in [-0.05, 0) is 25.0 Å². The number of ether oxygens (including phenoxy) is 2. The van der Waals surface area contributed by atoms with Crippen LogP contribution in [-0.4, -0.2) is 50.4 Å². The third kappa shape index (κ3) is 5.40. The number of nitrogens with one attached hydrogen (secondary N) is 1. The summed E-state index contributed by atoms with van der Waals surface area (Å²) in [7, 11) is 1.73. The van der Waals surface area contributed by atoms with Crippen molar-refractivity contribution < 1.29 is 9.47 Å². The van der Waals surface area contributed by atoms with Crippen LogP contribution in [0.1, 0.15) is 25.0 Å². The van der Waals surface area contributed by atoms with E-state index in [-0.39, 0.29) is 0 Å². The largest absolute Gasteiger partial charge is 0.380 e. The molecule has 4 nitrogen and oxygen atoms in total. The van der Waals surface area contributed by atoms with E-state index < -0.39 is 0 Å². The fourth-order valence-electron chi connectivity index (χ4n) is 2.71. The summed E-state index contributed by atoms with van der Waals surface area (Å²) in [6.07, 6.45) is 0.295. The van der Waals surface area contributed by atoms with Crippen molar-refractivity contribution in [3.05, 3.63) is 35.4 Å². The minimum absolute atomic E-state index is 0.295. The third-order valence-electron chi connectivity index (χ3n) is 3.90. The van der Waals surface area contributed by atoms with Crippen LogP contribution in [0.2, 0.25) is 0 Å². The maximum absolute atomic E-state index is 5.83. The Morgan fingerprint density at radius 3 is 2.95 bits per heavy atom. The number of methoxy groups -OCH3 is 1. The van der Waals surface area contributed by atoms with Gasteiger partial charge in [0, 0.05) is 39.3 Å². The van der Waals surface area contributed by atoms with E-state index in [0.717, 1.165) is 32.8 Å². The smallest absolute Gasteiger partial charge is 0.0826 e. The van der Waals surface area contributed by atoms with Crippen LogP contribution in [0.4, 0.5) is 0 Å². The van der Waals surface area contributed by atoms with Crippen LogP contribution in [0.15, 0.2) is 24.3 Å². The summed E-state index contributed by atoms with van der Waals surface area (Å²) in [4.78, 5) is 2.48. The zero-order chi connectivity index (χ0) is 15.1. The summed E-state index contributed by atoms with van der Waals surface area (Å²) in [6.45, 7) is 9.85. The Morgan fingerprint density at radius 1 is 1.38 bits per heavy atom. The molecule has 1 N–H and O–H groups in total. The summed E-state index contributed by atoms with van der Waals surface area (Å²) in [5, 5.41) is 3.51. The van der Waals surface area contributed by atoms with Crippen LogP contribution < -0.4 is 5.32 Å². The maximum Gasteiger partial charge on any atom is 0.0826 e. The minimum Gasteiger partial charge on any atom is -0.380 e. The van der Waals surface area contributed by atoms with E-state index in [2.05, 4.69) is 48.3 Å². The molecular formula is C17H28N2O2. The molecule has 0 amide bonds. The van der Waals surface area contributed by atoms with Gasteiger partial charge in [0.1, 0.15) is 0 Å². The van der Waals surface area contributed by atoms with Crippen LogP contribution in [-0.2, 0) is 22.6 Å². The molecule has 118 valence electrons. The van der Waals surface area contributed by atoms with Gasteiger partial charge in [-0.25, -0.2) is 0 Å².